The fourth-order valence-electron chi connectivity index (χ4n) is 3.81. The molecule has 0 spiro atoms. The summed E-state index contributed by atoms with van der Waals surface area (Å²) >= 11 is 0. The average Bonchev–Trinajstić information content (AvgIpc) is 2.79. The molecule has 1 atom stereocenters. The van der Waals surface area contributed by atoms with E-state index in [1.54, 1.807) is 6.20 Å². The third-order valence-electron chi connectivity index (χ3n) is 5.65. The number of anilines is 1. The van der Waals surface area contributed by atoms with Crippen LogP contribution in [0, 0.1) is 19.8 Å². The number of carbonyl (C=O) groups excluding carboxylic acids is 1. The van der Waals surface area contributed by atoms with Crippen molar-refractivity contribution in [3.05, 3.63) is 77.5 Å². The van der Waals surface area contributed by atoms with Gasteiger partial charge in [-0.1, -0.05) is 59.7 Å². The molecule has 1 fully saturated rings. The van der Waals surface area contributed by atoms with Crippen LogP contribution in [0.25, 0.3) is 11.4 Å². The number of hydrogen-bond acceptors (Lipinski definition) is 4. The van der Waals surface area contributed by atoms with Gasteiger partial charge in [-0.3, -0.25) is 4.79 Å². The molecule has 0 bridgehead atoms. The van der Waals surface area contributed by atoms with E-state index in [9.17, 15) is 4.79 Å². The summed E-state index contributed by atoms with van der Waals surface area (Å²) in [5.41, 5.74) is 4.57. The second-order valence-electron chi connectivity index (χ2n) is 8.09. The highest BCUT2D eigenvalue weighted by molar-refractivity contribution is 5.79. The van der Waals surface area contributed by atoms with Crippen LogP contribution in [0.15, 0.2) is 60.8 Å². The highest BCUT2D eigenvalue weighted by atomic mass is 16.1. The van der Waals surface area contributed by atoms with Crippen molar-refractivity contribution in [2.45, 2.75) is 33.2 Å². The summed E-state index contributed by atoms with van der Waals surface area (Å²) < 4.78 is 0. The number of aryl methyl sites for hydroxylation is 2. The minimum atomic E-state index is -0.0259. The number of hydrogen-bond donors (Lipinski definition) is 1. The number of carbonyl (C=O) groups is 1. The van der Waals surface area contributed by atoms with Gasteiger partial charge in [0.1, 0.15) is 5.82 Å². The van der Waals surface area contributed by atoms with Crippen LogP contribution in [0.4, 0.5) is 5.82 Å². The normalized spacial score (nSPS) is 16.3. The minimum absolute atomic E-state index is 0.0259. The Morgan fingerprint density at radius 3 is 2.47 bits per heavy atom. The molecule has 1 unspecified atom stereocenters. The van der Waals surface area contributed by atoms with Crippen LogP contribution in [-0.2, 0) is 11.3 Å². The zero-order valence-electron chi connectivity index (χ0n) is 17.6. The van der Waals surface area contributed by atoms with E-state index in [4.69, 9.17) is 4.98 Å². The predicted octanol–water partition coefficient (Wildman–Crippen LogP) is 4.29. The van der Waals surface area contributed by atoms with Crippen molar-refractivity contribution in [2.24, 2.45) is 5.92 Å². The van der Waals surface area contributed by atoms with Gasteiger partial charge in [-0.15, -0.1) is 0 Å². The van der Waals surface area contributed by atoms with Gasteiger partial charge in [0.25, 0.3) is 0 Å². The van der Waals surface area contributed by atoms with E-state index in [0.29, 0.717) is 13.1 Å². The topological polar surface area (TPSA) is 58.1 Å². The Morgan fingerprint density at radius 2 is 1.73 bits per heavy atom. The third-order valence-corrected chi connectivity index (χ3v) is 5.65. The van der Waals surface area contributed by atoms with Gasteiger partial charge in [0.2, 0.25) is 5.91 Å². The number of benzene rings is 2. The minimum Gasteiger partial charge on any atom is -0.356 e. The van der Waals surface area contributed by atoms with Gasteiger partial charge < -0.3 is 10.2 Å². The van der Waals surface area contributed by atoms with Crippen LogP contribution in [0.5, 0.6) is 0 Å². The van der Waals surface area contributed by atoms with Crippen molar-refractivity contribution < 1.29 is 4.79 Å². The summed E-state index contributed by atoms with van der Waals surface area (Å²) in [5, 5.41) is 3.10. The SMILES string of the molecule is Cc1ccc(CNC(=O)C2CCCN(c3ccnc(-c4ccc(C)cc4)n3)C2)cc1. The summed E-state index contributed by atoms with van der Waals surface area (Å²) in [6.07, 6.45) is 3.69. The molecule has 0 aliphatic carbocycles. The third kappa shape index (κ3) is 4.85. The molecule has 0 saturated carbocycles. The van der Waals surface area contributed by atoms with Gasteiger partial charge >= 0.3 is 0 Å². The highest BCUT2D eigenvalue weighted by Gasteiger charge is 2.26. The van der Waals surface area contributed by atoms with Crippen molar-refractivity contribution >= 4 is 11.7 Å². The Hall–Kier alpha value is -3.21. The summed E-state index contributed by atoms with van der Waals surface area (Å²) in [6, 6.07) is 18.4. The molecule has 1 aliphatic rings. The Balaban J connectivity index is 1.41. The van der Waals surface area contributed by atoms with Gasteiger partial charge in [0.05, 0.1) is 5.92 Å². The van der Waals surface area contributed by atoms with E-state index in [0.717, 1.165) is 42.2 Å². The fourth-order valence-corrected chi connectivity index (χ4v) is 3.81. The molecule has 1 aliphatic heterocycles. The van der Waals surface area contributed by atoms with Gasteiger partial charge in [0.15, 0.2) is 5.82 Å². The lowest BCUT2D eigenvalue weighted by molar-refractivity contribution is -0.125. The van der Waals surface area contributed by atoms with Gasteiger partial charge in [-0.05, 0) is 38.3 Å². The van der Waals surface area contributed by atoms with E-state index in [2.05, 4.69) is 65.4 Å². The molecule has 5 nitrogen and oxygen atoms in total. The van der Waals surface area contributed by atoms with Crippen molar-refractivity contribution in [2.75, 3.05) is 18.0 Å². The predicted molar refractivity (Wildman–Crippen MR) is 120 cm³/mol. The summed E-state index contributed by atoms with van der Waals surface area (Å²) in [7, 11) is 0. The Kier molecular flexibility index (Phi) is 6.07. The first-order valence-corrected chi connectivity index (χ1v) is 10.6. The van der Waals surface area contributed by atoms with Crippen LogP contribution in [0.3, 0.4) is 0 Å². The number of nitrogens with zero attached hydrogens (tertiary/aromatic N) is 3. The molecule has 1 saturated heterocycles. The van der Waals surface area contributed by atoms with E-state index >= 15 is 0 Å². The molecule has 1 amide bonds. The van der Waals surface area contributed by atoms with Crippen molar-refractivity contribution in [1.29, 1.82) is 0 Å². The van der Waals surface area contributed by atoms with Gasteiger partial charge in [-0.25, -0.2) is 9.97 Å². The first-order chi connectivity index (χ1) is 14.6. The molecule has 1 N–H and O–H groups in total. The maximum absolute atomic E-state index is 12.8. The van der Waals surface area contributed by atoms with Crippen LogP contribution >= 0.6 is 0 Å². The quantitative estimate of drug-likeness (QED) is 0.694. The first-order valence-electron chi connectivity index (χ1n) is 10.6. The van der Waals surface area contributed by atoms with E-state index in [-0.39, 0.29) is 11.8 Å². The zero-order chi connectivity index (χ0) is 20.9. The zero-order valence-corrected chi connectivity index (χ0v) is 17.6. The molecule has 154 valence electrons. The maximum atomic E-state index is 12.8. The second kappa shape index (κ2) is 9.08. The first kappa shape index (κ1) is 20.1. The number of aromatic nitrogens is 2. The van der Waals surface area contributed by atoms with Crippen LogP contribution < -0.4 is 10.2 Å². The summed E-state index contributed by atoms with van der Waals surface area (Å²) in [6.45, 7) is 6.30. The Morgan fingerprint density at radius 1 is 1.03 bits per heavy atom. The largest absolute Gasteiger partial charge is 0.356 e. The van der Waals surface area contributed by atoms with Crippen molar-refractivity contribution in [3.63, 3.8) is 0 Å². The van der Waals surface area contributed by atoms with E-state index in [1.807, 2.05) is 18.2 Å². The lowest BCUT2D eigenvalue weighted by Crippen LogP contribution is -2.43. The smallest absolute Gasteiger partial charge is 0.225 e. The maximum Gasteiger partial charge on any atom is 0.225 e. The lowest BCUT2D eigenvalue weighted by Gasteiger charge is -2.33. The van der Waals surface area contributed by atoms with Crippen LogP contribution in [-0.4, -0.2) is 29.0 Å². The number of rotatable bonds is 5. The second-order valence-corrected chi connectivity index (χ2v) is 8.09. The van der Waals surface area contributed by atoms with E-state index < -0.39 is 0 Å². The van der Waals surface area contributed by atoms with Crippen molar-refractivity contribution in [3.8, 4) is 11.4 Å². The molecule has 0 radical (unpaired) electrons. The fraction of sp³-hybridized carbons (Fsp3) is 0.320. The number of nitrogens with one attached hydrogen (secondary N) is 1. The molecule has 2 aromatic carbocycles. The lowest BCUT2D eigenvalue weighted by atomic mass is 9.97. The highest BCUT2D eigenvalue weighted by Crippen LogP contribution is 2.24. The average molecular weight is 401 g/mol. The Labute approximate surface area is 178 Å². The number of piperidine rings is 1. The molecule has 3 aromatic rings. The standard InChI is InChI=1S/C25H28N4O/c1-18-5-9-20(10-6-18)16-27-25(30)22-4-3-15-29(17-22)23-13-14-26-24(28-23)21-11-7-19(2)8-12-21/h5-14,22H,3-4,15-17H2,1-2H3,(H,27,30). The number of amides is 1. The van der Waals surface area contributed by atoms with Crippen molar-refractivity contribution in [1.82, 2.24) is 15.3 Å². The molecule has 5 heteroatoms. The molecule has 1 aromatic heterocycles. The van der Waals surface area contributed by atoms with Crippen LogP contribution in [0.1, 0.15) is 29.5 Å². The molecule has 4 rings (SSSR count). The summed E-state index contributed by atoms with van der Waals surface area (Å²) in [5.74, 6) is 1.70. The van der Waals surface area contributed by atoms with Crippen LogP contribution in [0.2, 0.25) is 0 Å². The van der Waals surface area contributed by atoms with Gasteiger partial charge in [0, 0.05) is 31.4 Å². The molecular formula is C25H28N4O. The summed E-state index contributed by atoms with van der Waals surface area (Å²) in [4.78, 5) is 24.2. The van der Waals surface area contributed by atoms with E-state index in [1.165, 1.54) is 11.1 Å². The molecule has 2 heterocycles. The Bertz CT molecular complexity index is 998. The monoisotopic (exact) mass is 400 g/mol. The van der Waals surface area contributed by atoms with Gasteiger partial charge in [-0.2, -0.15) is 0 Å². The molecular weight excluding hydrogens is 372 g/mol. The molecule has 30 heavy (non-hydrogen) atoms.